The van der Waals surface area contributed by atoms with Crippen LogP contribution in [0.4, 0.5) is 0 Å². The molecule has 3 rings (SSSR count). The lowest BCUT2D eigenvalue weighted by Gasteiger charge is -2.27. The van der Waals surface area contributed by atoms with Crippen LogP contribution in [0.15, 0.2) is 0 Å². The third-order valence-electron chi connectivity index (χ3n) is 5.95. The summed E-state index contributed by atoms with van der Waals surface area (Å²) in [5, 5.41) is 10.2. The number of aromatic nitrogens is 2. The highest BCUT2D eigenvalue weighted by atomic mass is 16.3. The Labute approximate surface area is 144 Å². The van der Waals surface area contributed by atoms with E-state index in [1.165, 1.54) is 0 Å². The van der Waals surface area contributed by atoms with Crippen LogP contribution in [-0.2, 0) is 11.2 Å². The smallest absolute Gasteiger partial charge is 0.227 e. The van der Waals surface area contributed by atoms with Crippen LogP contribution in [0, 0.1) is 19.8 Å². The van der Waals surface area contributed by atoms with Crippen LogP contribution in [0.1, 0.15) is 68.2 Å². The summed E-state index contributed by atoms with van der Waals surface area (Å²) in [7, 11) is 0. The highest BCUT2D eigenvalue weighted by molar-refractivity contribution is 5.80. The molecule has 0 bridgehead atoms. The summed E-state index contributed by atoms with van der Waals surface area (Å²) in [5.74, 6) is 1.79. The van der Waals surface area contributed by atoms with Gasteiger partial charge in [-0.2, -0.15) is 0 Å². The Balaban J connectivity index is 1.77. The van der Waals surface area contributed by atoms with Gasteiger partial charge in [-0.1, -0.05) is 13.8 Å². The molecule has 2 fully saturated rings. The van der Waals surface area contributed by atoms with Gasteiger partial charge in [0, 0.05) is 29.4 Å². The van der Waals surface area contributed by atoms with Crippen LogP contribution in [0.2, 0.25) is 0 Å². The minimum Gasteiger partial charge on any atom is -0.391 e. The summed E-state index contributed by atoms with van der Waals surface area (Å²) in [6.07, 6.45) is 3.88. The number of hydrogen-bond acceptors (Lipinski definition) is 4. The SMILES string of the molecule is CCC(C)c1nc(C)c(CC(=O)N2CC[C@@H]3CC[C@@H](O)[C@@H]32)c(C)n1. The summed E-state index contributed by atoms with van der Waals surface area (Å²) >= 11 is 0. The van der Waals surface area contributed by atoms with Crippen molar-refractivity contribution in [3.05, 3.63) is 22.8 Å². The Morgan fingerprint density at radius 2 is 1.92 bits per heavy atom. The zero-order valence-corrected chi connectivity index (χ0v) is 15.2. The number of likely N-dealkylation sites (tertiary alicyclic amines) is 1. The van der Waals surface area contributed by atoms with E-state index < -0.39 is 0 Å². The fourth-order valence-corrected chi connectivity index (χ4v) is 4.24. The molecule has 1 amide bonds. The van der Waals surface area contributed by atoms with Crippen LogP contribution in [0.5, 0.6) is 0 Å². The molecule has 1 aromatic rings. The highest BCUT2D eigenvalue weighted by Crippen LogP contribution is 2.38. The highest BCUT2D eigenvalue weighted by Gasteiger charge is 2.45. The molecule has 0 spiro atoms. The van der Waals surface area contributed by atoms with Crippen molar-refractivity contribution in [3.63, 3.8) is 0 Å². The van der Waals surface area contributed by atoms with E-state index in [0.29, 0.717) is 18.3 Å². The van der Waals surface area contributed by atoms with Crippen molar-refractivity contribution in [2.75, 3.05) is 6.54 Å². The number of carbonyl (C=O) groups is 1. The van der Waals surface area contributed by atoms with Crippen molar-refractivity contribution in [2.45, 2.75) is 77.9 Å². The fourth-order valence-electron chi connectivity index (χ4n) is 4.24. The Bertz CT molecular complexity index is 608. The summed E-state index contributed by atoms with van der Waals surface area (Å²) in [6.45, 7) is 8.98. The lowest BCUT2D eigenvalue weighted by molar-refractivity contribution is -0.133. The maximum Gasteiger partial charge on any atom is 0.227 e. The first-order valence-corrected chi connectivity index (χ1v) is 9.23. The second kappa shape index (κ2) is 6.79. The number of nitrogens with zero attached hydrogens (tertiary/aromatic N) is 3. The molecule has 2 heterocycles. The van der Waals surface area contributed by atoms with E-state index in [-0.39, 0.29) is 18.1 Å². The maximum atomic E-state index is 12.8. The molecule has 0 radical (unpaired) electrons. The second-order valence-corrected chi connectivity index (χ2v) is 7.49. The van der Waals surface area contributed by atoms with E-state index in [9.17, 15) is 9.90 Å². The predicted molar refractivity (Wildman–Crippen MR) is 92.8 cm³/mol. The number of amides is 1. The molecule has 1 saturated heterocycles. The Morgan fingerprint density at radius 3 is 2.54 bits per heavy atom. The lowest BCUT2D eigenvalue weighted by atomic mass is 10.0. The minimum absolute atomic E-state index is 0.0263. The molecular formula is C19H29N3O2. The average molecular weight is 331 g/mol. The second-order valence-electron chi connectivity index (χ2n) is 7.49. The van der Waals surface area contributed by atoms with Gasteiger partial charge >= 0.3 is 0 Å². The number of aryl methyl sites for hydroxylation is 2. The third-order valence-corrected chi connectivity index (χ3v) is 5.95. The molecule has 1 aromatic heterocycles. The normalized spacial score (nSPS) is 27.4. The van der Waals surface area contributed by atoms with Crippen molar-refractivity contribution in [1.82, 2.24) is 14.9 Å². The largest absolute Gasteiger partial charge is 0.391 e. The molecule has 24 heavy (non-hydrogen) atoms. The van der Waals surface area contributed by atoms with Gasteiger partial charge < -0.3 is 10.0 Å². The molecular weight excluding hydrogens is 302 g/mol. The average Bonchev–Trinajstić information content (AvgIpc) is 3.13. The van der Waals surface area contributed by atoms with Crippen LogP contribution in [-0.4, -0.2) is 44.6 Å². The van der Waals surface area contributed by atoms with Crippen molar-refractivity contribution in [3.8, 4) is 0 Å². The zero-order valence-electron chi connectivity index (χ0n) is 15.2. The quantitative estimate of drug-likeness (QED) is 0.921. The van der Waals surface area contributed by atoms with Crippen molar-refractivity contribution < 1.29 is 9.90 Å². The van der Waals surface area contributed by atoms with Crippen molar-refractivity contribution in [2.24, 2.45) is 5.92 Å². The number of hydrogen-bond donors (Lipinski definition) is 1. The van der Waals surface area contributed by atoms with E-state index in [0.717, 1.165) is 55.0 Å². The number of rotatable bonds is 4. The van der Waals surface area contributed by atoms with Gasteiger partial charge in [-0.15, -0.1) is 0 Å². The van der Waals surface area contributed by atoms with Crippen LogP contribution in [0.25, 0.3) is 0 Å². The summed E-state index contributed by atoms with van der Waals surface area (Å²) in [4.78, 5) is 24.0. The Morgan fingerprint density at radius 1 is 1.25 bits per heavy atom. The standard InChI is InChI=1S/C19H29N3O2/c1-5-11(2)19-20-12(3)15(13(4)21-19)10-17(24)22-9-8-14-6-7-16(23)18(14)22/h11,14,16,18,23H,5-10H2,1-4H3/t11?,14-,16+,18+/m0/s1. The van der Waals surface area contributed by atoms with Gasteiger partial charge in [-0.05, 0) is 45.4 Å². The molecule has 2 aliphatic rings. The summed E-state index contributed by atoms with van der Waals surface area (Å²) in [5.41, 5.74) is 2.77. The number of carbonyl (C=O) groups excluding carboxylic acids is 1. The van der Waals surface area contributed by atoms with Gasteiger partial charge in [0.05, 0.1) is 18.6 Å². The zero-order chi connectivity index (χ0) is 17.4. The first-order chi connectivity index (χ1) is 11.4. The van der Waals surface area contributed by atoms with E-state index in [1.807, 2.05) is 18.7 Å². The lowest BCUT2D eigenvalue weighted by Crippen LogP contribution is -2.43. The minimum atomic E-state index is -0.354. The Hall–Kier alpha value is -1.49. The molecule has 1 unspecified atom stereocenters. The van der Waals surface area contributed by atoms with Gasteiger partial charge in [-0.3, -0.25) is 4.79 Å². The van der Waals surface area contributed by atoms with E-state index in [4.69, 9.17) is 0 Å². The van der Waals surface area contributed by atoms with E-state index in [2.05, 4.69) is 23.8 Å². The maximum absolute atomic E-state index is 12.8. The number of aliphatic hydroxyl groups excluding tert-OH is 1. The van der Waals surface area contributed by atoms with Gasteiger partial charge in [0.25, 0.3) is 0 Å². The third kappa shape index (κ3) is 3.06. The predicted octanol–water partition coefficient (Wildman–Crippen LogP) is 2.52. The summed E-state index contributed by atoms with van der Waals surface area (Å²) in [6, 6.07) is 0.0263. The number of aliphatic hydroxyl groups is 1. The molecule has 132 valence electrons. The van der Waals surface area contributed by atoms with Gasteiger partial charge in [0.1, 0.15) is 5.82 Å². The Kier molecular flexibility index (Phi) is 4.90. The monoisotopic (exact) mass is 331 g/mol. The molecule has 1 aliphatic heterocycles. The molecule has 1 aliphatic carbocycles. The van der Waals surface area contributed by atoms with Gasteiger partial charge in [0.2, 0.25) is 5.91 Å². The van der Waals surface area contributed by atoms with Crippen LogP contribution >= 0.6 is 0 Å². The number of fused-ring (bicyclic) bond motifs is 1. The van der Waals surface area contributed by atoms with Crippen molar-refractivity contribution >= 4 is 5.91 Å². The first-order valence-electron chi connectivity index (χ1n) is 9.23. The molecule has 1 saturated carbocycles. The molecule has 0 aromatic carbocycles. The van der Waals surface area contributed by atoms with E-state index >= 15 is 0 Å². The van der Waals surface area contributed by atoms with Crippen LogP contribution in [0.3, 0.4) is 0 Å². The topological polar surface area (TPSA) is 66.3 Å². The molecule has 5 nitrogen and oxygen atoms in total. The fraction of sp³-hybridized carbons (Fsp3) is 0.737. The molecule has 5 heteroatoms. The van der Waals surface area contributed by atoms with Crippen LogP contribution < -0.4 is 0 Å². The van der Waals surface area contributed by atoms with Gasteiger partial charge in [0.15, 0.2) is 0 Å². The first kappa shape index (κ1) is 17.3. The summed E-state index contributed by atoms with van der Waals surface area (Å²) < 4.78 is 0. The van der Waals surface area contributed by atoms with E-state index in [1.54, 1.807) is 0 Å². The molecule has 1 N–H and O–H groups in total. The molecule has 4 atom stereocenters. The van der Waals surface area contributed by atoms with Gasteiger partial charge in [-0.25, -0.2) is 9.97 Å². The van der Waals surface area contributed by atoms with Crippen molar-refractivity contribution in [1.29, 1.82) is 0 Å².